The van der Waals surface area contributed by atoms with Gasteiger partial charge in [0.1, 0.15) is 12.1 Å². The molecule has 2 fully saturated rings. The van der Waals surface area contributed by atoms with Crippen LogP contribution in [0.5, 0.6) is 0 Å². The summed E-state index contributed by atoms with van der Waals surface area (Å²) < 4.78 is 0. The number of amides is 4. The Balaban J connectivity index is 1.35. The first-order valence-corrected chi connectivity index (χ1v) is 11.5. The third-order valence-electron chi connectivity index (χ3n) is 5.95. The van der Waals surface area contributed by atoms with Crippen molar-refractivity contribution < 1.29 is 14.4 Å². The summed E-state index contributed by atoms with van der Waals surface area (Å²) in [6, 6.07) is 13.5. The highest BCUT2D eigenvalue weighted by atomic mass is 32.2. The molecule has 1 heterocycles. The fraction of sp³-hybridized carbons (Fsp3) is 0.375. The Bertz CT molecular complexity index is 1010. The first-order valence-electron chi connectivity index (χ1n) is 10.7. The highest BCUT2D eigenvalue weighted by Crippen LogP contribution is 2.34. The molecule has 162 valence electrons. The summed E-state index contributed by atoms with van der Waals surface area (Å²) in [7, 11) is 0. The van der Waals surface area contributed by atoms with Gasteiger partial charge in [-0.25, -0.2) is 4.79 Å². The fourth-order valence-corrected chi connectivity index (χ4v) is 5.19. The molecule has 6 nitrogen and oxygen atoms in total. The highest BCUT2D eigenvalue weighted by Gasteiger charge is 2.51. The molecule has 0 atom stereocenters. The van der Waals surface area contributed by atoms with Gasteiger partial charge in [0.25, 0.3) is 5.91 Å². The largest absolute Gasteiger partial charge is 0.325 e. The molecule has 2 aromatic rings. The van der Waals surface area contributed by atoms with E-state index in [1.54, 1.807) is 11.8 Å². The summed E-state index contributed by atoms with van der Waals surface area (Å²) in [6.45, 7) is 3.90. The second-order valence-electron chi connectivity index (χ2n) is 8.41. The average molecular weight is 438 g/mol. The lowest BCUT2D eigenvalue weighted by molar-refractivity contribution is -0.134. The predicted molar refractivity (Wildman–Crippen MR) is 121 cm³/mol. The quantitative estimate of drug-likeness (QED) is 0.668. The first kappa shape index (κ1) is 21.4. The van der Waals surface area contributed by atoms with E-state index in [-0.39, 0.29) is 18.4 Å². The summed E-state index contributed by atoms with van der Waals surface area (Å²) >= 11 is 1.67. The van der Waals surface area contributed by atoms with Crippen LogP contribution in [0.1, 0.15) is 43.2 Å². The summed E-state index contributed by atoms with van der Waals surface area (Å²) in [4.78, 5) is 40.9. The van der Waals surface area contributed by atoms with Crippen molar-refractivity contribution in [2.45, 2.75) is 61.3 Å². The Kier molecular flexibility index (Phi) is 6.05. The SMILES string of the molecule is Cc1ccc(Sc2ccc(NC(=O)CN3C(=O)NC4(CCCCC4)C3=O)cc2)c(C)c1. The molecule has 1 saturated carbocycles. The van der Waals surface area contributed by atoms with Gasteiger partial charge in [-0.3, -0.25) is 14.5 Å². The third kappa shape index (κ3) is 4.61. The zero-order chi connectivity index (χ0) is 22.0. The maximum Gasteiger partial charge on any atom is 0.325 e. The van der Waals surface area contributed by atoms with Gasteiger partial charge in [0.05, 0.1) is 0 Å². The Morgan fingerprint density at radius 1 is 1.06 bits per heavy atom. The molecule has 1 saturated heterocycles. The van der Waals surface area contributed by atoms with E-state index in [0.717, 1.165) is 29.1 Å². The zero-order valence-corrected chi connectivity index (χ0v) is 18.7. The summed E-state index contributed by atoms with van der Waals surface area (Å²) in [5.74, 6) is -0.654. The van der Waals surface area contributed by atoms with E-state index < -0.39 is 11.6 Å². The number of nitrogens with one attached hydrogen (secondary N) is 2. The molecule has 0 unspecified atom stereocenters. The van der Waals surface area contributed by atoms with Crippen LogP contribution in [0.15, 0.2) is 52.3 Å². The summed E-state index contributed by atoms with van der Waals surface area (Å²) in [5, 5.41) is 5.62. The van der Waals surface area contributed by atoms with Gasteiger partial charge in [-0.05, 0) is 62.6 Å². The van der Waals surface area contributed by atoms with E-state index in [4.69, 9.17) is 0 Å². The van der Waals surface area contributed by atoms with Crippen molar-refractivity contribution >= 4 is 35.3 Å². The van der Waals surface area contributed by atoms with E-state index >= 15 is 0 Å². The number of carbonyl (C=O) groups is 3. The molecule has 0 aromatic heterocycles. The monoisotopic (exact) mass is 437 g/mol. The molecule has 7 heteroatoms. The first-order chi connectivity index (χ1) is 14.9. The number of hydrogen-bond donors (Lipinski definition) is 2. The van der Waals surface area contributed by atoms with Gasteiger partial charge >= 0.3 is 6.03 Å². The van der Waals surface area contributed by atoms with E-state index in [1.807, 2.05) is 24.3 Å². The van der Waals surface area contributed by atoms with E-state index in [9.17, 15) is 14.4 Å². The second-order valence-corrected chi connectivity index (χ2v) is 9.52. The molecule has 2 N–H and O–H groups in total. The van der Waals surface area contributed by atoms with Gasteiger partial charge in [0.2, 0.25) is 5.91 Å². The second kappa shape index (κ2) is 8.75. The Labute approximate surface area is 186 Å². The number of benzene rings is 2. The van der Waals surface area contributed by atoms with E-state index in [2.05, 4.69) is 42.7 Å². The van der Waals surface area contributed by atoms with Gasteiger partial charge in [-0.2, -0.15) is 0 Å². The van der Waals surface area contributed by atoms with Crippen LogP contribution in [0.2, 0.25) is 0 Å². The number of rotatable bonds is 5. The lowest BCUT2D eigenvalue weighted by Crippen LogP contribution is -2.48. The van der Waals surface area contributed by atoms with Crippen molar-refractivity contribution in [2.24, 2.45) is 0 Å². The third-order valence-corrected chi connectivity index (χ3v) is 7.14. The number of urea groups is 1. The van der Waals surface area contributed by atoms with Crippen molar-refractivity contribution in [3.8, 4) is 0 Å². The normalized spacial score (nSPS) is 17.7. The molecule has 2 aliphatic rings. The molecule has 31 heavy (non-hydrogen) atoms. The minimum atomic E-state index is -0.803. The number of hydrogen-bond acceptors (Lipinski definition) is 4. The smallest absolute Gasteiger partial charge is 0.325 e. The van der Waals surface area contributed by atoms with Crippen LogP contribution in [0.25, 0.3) is 0 Å². The van der Waals surface area contributed by atoms with Crippen molar-refractivity contribution in [3.63, 3.8) is 0 Å². The summed E-state index contributed by atoms with van der Waals surface area (Å²) in [6.07, 6.45) is 4.20. The molecule has 1 spiro atoms. The minimum Gasteiger partial charge on any atom is -0.325 e. The van der Waals surface area contributed by atoms with Crippen LogP contribution >= 0.6 is 11.8 Å². The summed E-state index contributed by atoms with van der Waals surface area (Å²) in [5.41, 5.74) is 2.29. The van der Waals surface area contributed by atoms with Crippen LogP contribution in [0, 0.1) is 13.8 Å². The van der Waals surface area contributed by atoms with Gasteiger partial charge in [0.15, 0.2) is 0 Å². The molecular weight excluding hydrogens is 410 g/mol. The van der Waals surface area contributed by atoms with Crippen LogP contribution in [-0.4, -0.2) is 34.8 Å². The fourth-order valence-electron chi connectivity index (χ4n) is 4.31. The molecular formula is C24H27N3O3S. The predicted octanol–water partition coefficient (Wildman–Crippen LogP) is 4.65. The molecule has 1 aliphatic carbocycles. The number of aryl methyl sites for hydroxylation is 2. The Morgan fingerprint density at radius 3 is 2.45 bits per heavy atom. The van der Waals surface area contributed by atoms with Crippen LogP contribution in [-0.2, 0) is 9.59 Å². The lowest BCUT2D eigenvalue weighted by atomic mass is 9.82. The number of imide groups is 1. The Hall–Kier alpha value is -2.80. The topological polar surface area (TPSA) is 78.5 Å². The van der Waals surface area contributed by atoms with Gasteiger partial charge in [-0.15, -0.1) is 0 Å². The van der Waals surface area contributed by atoms with Gasteiger partial charge in [0, 0.05) is 15.5 Å². The lowest BCUT2D eigenvalue weighted by Gasteiger charge is -2.30. The molecule has 4 rings (SSSR count). The maximum absolute atomic E-state index is 12.8. The number of carbonyl (C=O) groups excluding carboxylic acids is 3. The van der Waals surface area contributed by atoms with Crippen LogP contribution in [0.3, 0.4) is 0 Å². The van der Waals surface area contributed by atoms with Crippen molar-refractivity contribution in [2.75, 3.05) is 11.9 Å². The standard InChI is InChI=1S/C24H27N3O3S/c1-16-6-11-20(17(2)14-16)31-19-9-7-18(8-10-19)25-21(28)15-27-22(29)24(26-23(27)30)12-4-3-5-13-24/h6-11,14H,3-5,12-13,15H2,1-2H3,(H,25,28)(H,26,30). The molecule has 4 amide bonds. The molecule has 1 aliphatic heterocycles. The van der Waals surface area contributed by atoms with Crippen LogP contribution < -0.4 is 10.6 Å². The van der Waals surface area contributed by atoms with Crippen molar-refractivity contribution in [1.82, 2.24) is 10.2 Å². The number of nitrogens with zero attached hydrogens (tertiary/aromatic N) is 1. The van der Waals surface area contributed by atoms with Gasteiger partial charge in [-0.1, -0.05) is 48.7 Å². The molecule has 0 bridgehead atoms. The minimum absolute atomic E-state index is 0.271. The van der Waals surface area contributed by atoms with Gasteiger partial charge < -0.3 is 10.6 Å². The maximum atomic E-state index is 12.8. The van der Waals surface area contributed by atoms with E-state index in [1.165, 1.54) is 16.0 Å². The Morgan fingerprint density at radius 2 is 1.77 bits per heavy atom. The van der Waals surface area contributed by atoms with Crippen LogP contribution in [0.4, 0.5) is 10.5 Å². The molecule has 0 radical (unpaired) electrons. The van der Waals surface area contributed by atoms with E-state index in [0.29, 0.717) is 18.5 Å². The molecule has 2 aromatic carbocycles. The zero-order valence-electron chi connectivity index (χ0n) is 17.9. The van der Waals surface area contributed by atoms with Crippen molar-refractivity contribution in [1.29, 1.82) is 0 Å². The number of anilines is 1. The van der Waals surface area contributed by atoms with Crippen molar-refractivity contribution in [3.05, 3.63) is 53.6 Å². The average Bonchev–Trinajstić information content (AvgIpc) is 2.96. The highest BCUT2D eigenvalue weighted by molar-refractivity contribution is 7.99.